The van der Waals surface area contributed by atoms with E-state index in [1.54, 1.807) is 0 Å². The lowest BCUT2D eigenvalue weighted by Crippen LogP contribution is -2.53. The van der Waals surface area contributed by atoms with Crippen LogP contribution in [-0.4, -0.2) is 42.8 Å². The average Bonchev–Trinajstić information content (AvgIpc) is 2.82. The molecule has 0 spiro atoms. The molecule has 188 valence electrons. The topological polar surface area (TPSA) is 50.8 Å². The summed E-state index contributed by atoms with van der Waals surface area (Å²) in [4.78, 5) is 15.4. The average molecular weight is 497 g/mol. The van der Waals surface area contributed by atoms with Gasteiger partial charge in [-0.25, -0.2) is 4.79 Å². The van der Waals surface area contributed by atoms with Crippen LogP contribution in [0.3, 0.4) is 0 Å². The molecular weight excluding hydrogens is 460 g/mol. The summed E-state index contributed by atoms with van der Waals surface area (Å²) in [5.41, 5.74) is 4.58. The number of ether oxygens (including phenoxy) is 2. The van der Waals surface area contributed by atoms with Gasteiger partial charge in [-0.1, -0.05) is 49.7 Å². The Balaban J connectivity index is 1.34. The van der Waals surface area contributed by atoms with Gasteiger partial charge in [0, 0.05) is 6.54 Å². The van der Waals surface area contributed by atoms with E-state index in [0.717, 1.165) is 56.4 Å². The van der Waals surface area contributed by atoms with Crippen molar-refractivity contribution >= 4 is 17.7 Å². The van der Waals surface area contributed by atoms with Crippen molar-refractivity contribution in [1.29, 1.82) is 0 Å². The van der Waals surface area contributed by atoms with Crippen molar-refractivity contribution < 1.29 is 14.3 Å². The second-order valence-corrected chi connectivity index (χ2v) is 11.8. The fourth-order valence-electron chi connectivity index (χ4n) is 5.94. The van der Waals surface area contributed by atoms with Crippen LogP contribution in [0.5, 0.6) is 5.75 Å². The normalized spacial score (nSPS) is 26.8. The fourth-order valence-corrected chi connectivity index (χ4v) is 6.17. The van der Waals surface area contributed by atoms with Gasteiger partial charge in [0.25, 0.3) is 0 Å². The number of carbonyl (C=O) groups is 1. The van der Waals surface area contributed by atoms with Gasteiger partial charge >= 0.3 is 6.09 Å². The van der Waals surface area contributed by atoms with Crippen LogP contribution in [0, 0.1) is 11.3 Å². The summed E-state index contributed by atoms with van der Waals surface area (Å²) in [5, 5.41) is 3.86. The van der Waals surface area contributed by atoms with E-state index in [-0.39, 0.29) is 29.8 Å². The summed E-state index contributed by atoms with van der Waals surface area (Å²) < 4.78 is 11.7. The van der Waals surface area contributed by atoms with Crippen LogP contribution in [0.25, 0.3) is 11.1 Å². The number of alkyl carbamates (subject to hydrolysis) is 1. The van der Waals surface area contributed by atoms with Gasteiger partial charge in [0.2, 0.25) is 0 Å². The Morgan fingerprint density at radius 2 is 1.83 bits per heavy atom. The largest absolute Gasteiger partial charge is 0.489 e. The zero-order valence-electron chi connectivity index (χ0n) is 21.3. The smallest absolute Gasteiger partial charge is 0.407 e. The van der Waals surface area contributed by atoms with Crippen molar-refractivity contribution in [2.45, 2.75) is 71.6 Å². The molecule has 0 saturated carbocycles. The maximum atomic E-state index is 13.0. The molecular formula is C29H37ClN2O3. The number of nitrogens with zero attached hydrogens (tertiary/aromatic N) is 1. The zero-order valence-corrected chi connectivity index (χ0v) is 22.0. The van der Waals surface area contributed by atoms with Gasteiger partial charge in [-0.2, -0.15) is 0 Å². The highest BCUT2D eigenvalue weighted by atomic mass is 35.5. The molecule has 5 nitrogen and oxygen atoms in total. The minimum Gasteiger partial charge on any atom is -0.489 e. The zero-order chi connectivity index (χ0) is 24.7. The number of rotatable bonds is 5. The molecule has 0 aromatic heterocycles. The maximum absolute atomic E-state index is 13.0. The summed E-state index contributed by atoms with van der Waals surface area (Å²) in [6, 6.07) is 12.4. The Hall–Kier alpha value is -2.24. The molecule has 1 N–H and O–H groups in total. The number of benzene rings is 2. The van der Waals surface area contributed by atoms with E-state index in [1.165, 1.54) is 11.1 Å². The molecule has 3 heterocycles. The lowest BCUT2D eigenvalue weighted by Gasteiger charge is -2.44. The molecule has 35 heavy (non-hydrogen) atoms. The Morgan fingerprint density at radius 3 is 2.49 bits per heavy atom. The van der Waals surface area contributed by atoms with E-state index in [1.807, 2.05) is 26.0 Å². The number of aryl methyl sites for hydroxylation is 1. The first kappa shape index (κ1) is 24.5. The number of amides is 1. The summed E-state index contributed by atoms with van der Waals surface area (Å²) in [6.45, 7) is 11.6. The highest BCUT2D eigenvalue weighted by molar-refractivity contribution is 6.32. The predicted molar refractivity (Wildman–Crippen MR) is 140 cm³/mol. The first-order valence-electron chi connectivity index (χ1n) is 13.0. The Kier molecular flexibility index (Phi) is 6.75. The number of nitrogens with one attached hydrogen (secondary N) is 1. The third-order valence-corrected chi connectivity index (χ3v) is 8.31. The van der Waals surface area contributed by atoms with Crippen molar-refractivity contribution in [2.75, 3.05) is 19.6 Å². The Bertz CT molecular complexity index is 1090. The van der Waals surface area contributed by atoms with Crippen molar-refractivity contribution in [3.8, 4) is 16.9 Å². The molecule has 1 aliphatic carbocycles. The van der Waals surface area contributed by atoms with E-state index in [2.05, 4.69) is 48.3 Å². The number of hydrogen-bond donors (Lipinski definition) is 1. The van der Waals surface area contributed by atoms with Crippen molar-refractivity contribution in [2.24, 2.45) is 11.3 Å². The van der Waals surface area contributed by atoms with Crippen molar-refractivity contribution in [3.05, 3.63) is 52.5 Å². The molecule has 2 bridgehead atoms. The number of fused-ring (bicyclic) bond motifs is 4. The van der Waals surface area contributed by atoms with Gasteiger partial charge in [-0.05, 0) is 98.3 Å². The van der Waals surface area contributed by atoms with Crippen LogP contribution >= 0.6 is 11.6 Å². The Labute approximate surface area is 214 Å². The van der Waals surface area contributed by atoms with Gasteiger partial charge in [-0.3, -0.25) is 4.90 Å². The second-order valence-electron chi connectivity index (χ2n) is 11.4. The standard InChI is InChI=1S/C29H37ClN2O3/c1-18(2)34-25-8-6-21(16-24(25)30)20-5-7-23-22(15-20)9-12-29(3,4)27(23)31-28(33)35-26-17-32-13-10-19(26)11-14-32/h5-8,15-16,18-19,26-27H,9-14,17H2,1-4H3,(H,31,33)/t26-,27?/m0/s1. The van der Waals surface area contributed by atoms with Crippen LogP contribution in [0.1, 0.15) is 64.1 Å². The molecule has 1 unspecified atom stereocenters. The molecule has 6 rings (SSSR count). The van der Waals surface area contributed by atoms with Gasteiger partial charge in [0.05, 0.1) is 17.2 Å². The van der Waals surface area contributed by atoms with Gasteiger partial charge in [0.15, 0.2) is 0 Å². The number of piperidine rings is 3. The lowest BCUT2D eigenvalue weighted by atomic mass is 9.70. The number of carbonyl (C=O) groups excluding carboxylic acids is 1. The first-order valence-corrected chi connectivity index (χ1v) is 13.4. The molecule has 4 aliphatic rings. The minimum absolute atomic E-state index is 0.0124. The van der Waals surface area contributed by atoms with E-state index in [4.69, 9.17) is 21.1 Å². The monoisotopic (exact) mass is 496 g/mol. The molecule has 1 amide bonds. The maximum Gasteiger partial charge on any atom is 0.407 e. The molecule has 3 saturated heterocycles. The van der Waals surface area contributed by atoms with Gasteiger partial charge in [0.1, 0.15) is 11.9 Å². The minimum atomic E-state index is -0.286. The van der Waals surface area contributed by atoms with Crippen LogP contribution in [-0.2, 0) is 11.2 Å². The van der Waals surface area contributed by atoms with Crippen LogP contribution in [0.15, 0.2) is 36.4 Å². The Morgan fingerprint density at radius 1 is 1.11 bits per heavy atom. The molecule has 2 aromatic rings. The predicted octanol–water partition coefficient (Wildman–Crippen LogP) is 6.63. The van der Waals surface area contributed by atoms with Crippen molar-refractivity contribution in [3.63, 3.8) is 0 Å². The molecule has 0 radical (unpaired) electrons. The quantitative estimate of drug-likeness (QED) is 0.504. The summed E-state index contributed by atoms with van der Waals surface area (Å²) >= 11 is 6.50. The van der Waals surface area contributed by atoms with E-state index < -0.39 is 0 Å². The van der Waals surface area contributed by atoms with Crippen LogP contribution in [0.4, 0.5) is 4.79 Å². The third kappa shape index (κ3) is 5.17. The third-order valence-electron chi connectivity index (χ3n) is 8.02. The summed E-state index contributed by atoms with van der Waals surface area (Å²) in [5.74, 6) is 1.21. The summed E-state index contributed by atoms with van der Waals surface area (Å²) in [6.07, 6.45) is 4.04. The molecule has 3 fully saturated rings. The highest BCUT2D eigenvalue weighted by Crippen LogP contribution is 2.45. The first-order chi connectivity index (χ1) is 16.7. The van der Waals surface area contributed by atoms with Crippen LogP contribution in [0.2, 0.25) is 5.02 Å². The SMILES string of the molecule is CC(C)Oc1ccc(-c2ccc3c(c2)CCC(C)(C)C3NC(=O)O[C@H]2CN3CCC2CC3)cc1Cl. The second kappa shape index (κ2) is 9.67. The van der Waals surface area contributed by atoms with E-state index in [9.17, 15) is 4.79 Å². The highest BCUT2D eigenvalue weighted by Gasteiger charge is 2.40. The lowest BCUT2D eigenvalue weighted by molar-refractivity contribution is -0.0353. The molecule has 6 heteroatoms. The molecule has 3 aliphatic heterocycles. The molecule has 2 atom stereocenters. The van der Waals surface area contributed by atoms with Gasteiger partial charge < -0.3 is 14.8 Å². The summed E-state index contributed by atoms with van der Waals surface area (Å²) in [7, 11) is 0. The number of halogens is 1. The number of hydrogen-bond acceptors (Lipinski definition) is 4. The van der Waals surface area contributed by atoms with Gasteiger partial charge in [-0.15, -0.1) is 0 Å². The molecule has 2 aromatic carbocycles. The van der Waals surface area contributed by atoms with E-state index >= 15 is 0 Å². The van der Waals surface area contributed by atoms with Crippen molar-refractivity contribution in [1.82, 2.24) is 10.2 Å². The van der Waals surface area contributed by atoms with Crippen LogP contribution < -0.4 is 10.1 Å². The fraction of sp³-hybridized carbons (Fsp3) is 0.552. The van der Waals surface area contributed by atoms with E-state index in [0.29, 0.717) is 16.7 Å².